The molecular formula is C22H27N3O3S. The number of hydrogen-bond acceptors (Lipinski definition) is 5. The first-order chi connectivity index (χ1) is 14.2. The standard InChI is InChI=1S/C22H27N3O3S/c26-21(18-7-9-25(10-8-18)22(27)20-2-1-15-29-20)23-19-5-3-17(4-6-19)16-24-11-13-28-14-12-24/h1-6,15,18H,7-14,16H2,(H,23,26). The van der Waals surface area contributed by atoms with Gasteiger partial charge in [-0.05, 0) is 42.0 Å². The van der Waals surface area contributed by atoms with Gasteiger partial charge in [-0.1, -0.05) is 18.2 Å². The highest BCUT2D eigenvalue weighted by atomic mass is 32.1. The van der Waals surface area contributed by atoms with Gasteiger partial charge in [-0.15, -0.1) is 11.3 Å². The quantitative estimate of drug-likeness (QED) is 0.818. The Morgan fingerprint density at radius 2 is 1.76 bits per heavy atom. The normalized spacial score (nSPS) is 18.6. The molecule has 7 heteroatoms. The van der Waals surface area contributed by atoms with Crippen LogP contribution in [-0.4, -0.2) is 61.0 Å². The molecule has 6 nitrogen and oxygen atoms in total. The first-order valence-corrected chi connectivity index (χ1v) is 11.1. The lowest BCUT2D eigenvalue weighted by Gasteiger charge is -2.31. The number of hydrogen-bond donors (Lipinski definition) is 1. The Labute approximate surface area is 175 Å². The van der Waals surface area contributed by atoms with Crippen molar-refractivity contribution in [2.24, 2.45) is 5.92 Å². The highest BCUT2D eigenvalue weighted by Crippen LogP contribution is 2.22. The van der Waals surface area contributed by atoms with Gasteiger partial charge in [0.2, 0.25) is 5.91 Å². The van der Waals surface area contributed by atoms with E-state index in [1.165, 1.54) is 16.9 Å². The van der Waals surface area contributed by atoms with Crippen LogP contribution >= 0.6 is 11.3 Å². The van der Waals surface area contributed by atoms with E-state index in [9.17, 15) is 9.59 Å². The van der Waals surface area contributed by atoms with Crippen molar-refractivity contribution in [2.45, 2.75) is 19.4 Å². The number of thiophene rings is 1. The van der Waals surface area contributed by atoms with Gasteiger partial charge in [0.15, 0.2) is 0 Å². The largest absolute Gasteiger partial charge is 0.379 e. The Morgan fingerprint density at radius 3 is 2.41 bits per heavy atom. The van der Waals surface area contributed by atoms with Crippen LogP contribution in [0, 0.1) is 5.92 Å². The average Bonchev–Trinajstić information content (AvgIpc) is 3.30. The maximum absolute atomic E-state index is 12.6. The number of piperidine rings is 1. The monoisotopic (exact) mass is 413 g/mol. The predicted molar refractivity (Wildman–Crippen MR) is 114 cm³/mol. The van der Waals surface area contributed by atoms with Crippen LogP contribution in [0.1, 0.15) is 28.1 Å². The molecule has 2 saturated heterocycles. The highest BCUT2D eigenvalue weighted by Gasteiger charge is 2.28. The Morgan fingerprint density at radius 1 is 1.03 bits per heavy atom. The summed E-state index contributed by atoms with van der Waals surface area (Å²) < 4.78 is 5.39. The Hall–Kier alpha value is -2.22. The van der Waals surface area contributed by atoms with Crippen molar-refractivity contribution < 1.29 is 14.3 Å². The number of carbonyl (C=O) groups excluding carboxylic acids is 2. The summed E-state index contributed by atoms with van der Waals surface area (Å²) in [7, 11) is 0. The molecule has 2 fully saturated rings. The number of nitrogens with one attached hydrogen (secondary N) is 1. The maximum Gasteiger partial charge on any atom is 0.263 e. The second-order valence-corrected chi connectivity index (χ2v) is 8.57. The van der Waals surface area contributed by atoms with Gasteiger partial charge >= 0.3 is 0 Å². The number of carbonyl (C=O) groups is 2. The van der Waals surface area contributed by atoms with E-state index in [1.807, 2.05) is 34.5 Å². The highest BCUT2D eigenvalue weighted by molar-refractivity contribution is 7.12. The lowest BCUT2D eigenvalue weighted by Crippen LogP contribution is -2.41. The fraction of sp³-hybridized carbons (Fsp3) is 0.455. The van der Waals surface area contributed by atoms with Crippen LogP contribution in [0.25, 0.3) is 0 Å². The molecule has 0 spiro atoms. The van der Waals surface area contributed by atoms with Crippen molar-refractivity contribution in [1.29, 1.82) is 0 Å². The summed E-state index contributed by atoms with van der Waals surface area (Å²) in [5.74, 6) is 0.0827. The van der Waals surface area contributed by atoms with Gasteiger partial charge in [-0.25, -0.2) is 0 Å². The number of likely N-dealkylation sites (tertiary alicyclic amines) is 1. The third-order valence-electron chi connectivity index (χ3n) is 5.62. The van der Waals surface area contributed by atoms with Crippen LogP contribution in [0.4, 0.5) is 5.69 Å². The number of ether oxygens (including phenoxy) is 1. The molecule has 2 aromatic rings. The summed E-state index contributed by atoms with van der Waals surface area (Å²) in [6, 6.07) is 11.9. The molecular weight excluding hydrogens is 386 g/mol. The molecule has 0 saturated carbocycles. The molecule has 0 atom stereocenters. The third-order valence-corrected chi connectivity index (χ3v) is 6.47. The molecule has 2 amide bonds. The van der Waals surface area contributed by atoms with Gasteiger partial charge in [-0.3, -0.25) is 14.5 Å². The van der Waals surface area contributed by atoms with Crippen LogP contribution in [0.3, 0.4) is 0 Å². The number of amides is 2. The van der Waals surface area contributed by atoms with E-state index in [-0.39, 0.29) is 17.7 Å². The van der Waals surface area contributed by atoms with E-state index in [0.29, 0.717) is 25.9 Å². The summed E-state index contributed by atoms with van der Waals surface area (Å²) in [5, 5.41) is 4.96. The molecule has 2 aliphatic rings. The fourth-order valence-corrected chi connectivity index (χ4v) is 4.55. The number of rotatable bonds is 5. The minimum Gasteiger partial charge on any atom is -0.379 e. The molecule has 1 N–H and O–H groups in total. The Bertz CT molecular complexity index is 808. The van der Waals surface area contributed by atoms with Gasteiger partial charge in [0, 0.05) is 44.3 Å². The molecule has 0 unspecified atom stereocenters. The van der Waals surface area contributed by atoms with Crippen molar-refractivity contribution in [3.05, 3.63) is 52.2 Å². The number of morpholine rings is 1. The molecule has 1 aromatic heterocycles. The summed E-state index contributed by atoms with van der Waals surface area (Å²) in [6.45, 7) is 5.70. The van der Waals surface area contributed by atoms with Gasteiger partial charge in [0.1, 0.15) is 0 Å². The summed E-state index contributed by atoms with van der Waals surface area (Å²) >= 11 is 1.47. The first kappa shape index (κ1) is 20.1. The zero-order valence-electron chi connectivity index (χ0n) is 16.5. The number of anilines is 1. The van der Waals surface area contributed by atoms with Crippen LogP contribution in [0.5, 0.6) is 0 Å². The van der Waals surface area contributed by atoms with E-state index in [2.05, 4.69) is 22.3 Å². The first-order valence-electron chi connectivity index (χ1n) is 10.2. The van der Waals surface area contributed by atoms with E-state index < -0.39 is 0 Å². The Balaban J connectivity index is 1.25. The lowest BCUT2D eigenvalue weighted by molar-refractivity contribution is -0.121. The van der Waals surface area contributed by atoms with Crippen LogP contribution < -0.4 is 5.32 Å². The molecule has 0 radical (unpaired) electrons. The minimum absolute atomic E-state index is 0.0459. The maximum atomic E-state index is 12.6. The van der Waals surface area contributed by atoms with E-state index in [1.54, 1.807) is 0 Å². The molecule has 0 aliphatic carbocycles. The molecule has 3 heterocycles. The van der Waals surface area contributed by atoms with E-state index in [4.69, 9.17) is 4.74 Å². The second-order valence-electron chi connectivity index (χ2n) is 7.62. The summed E-state index contributed by atoms with van der Waals surface area (Å²) in [6.07, 6.45) is 1.41. The predicted octanol–water partition coefficient (Wildman–Crippen LogP) is 3.07. The molecule has 2 aliphatic heterocycles. The van der Waals surface area contributed by atoms with Crippen molar-refractivity contribution >= 4 is 28.8 Å². The minimum atomic E-state index is -0.0459. The zero-order valence-corrected chi connectivity index (χ0v) is 17.3. The molecule has 0 bridgehead atoms. The SMILES string of the molecule is O=C(Nc1ccc(CN2CCOCC2)cc1)C1CCN(C(=O)c2cccs2)CC1. The van der Waals surface area contributed by atoms with Gasteiger partial charge in [0.05, 0.1) is 18.1 Å². The molecule has 29 heavy (non-hydrogen) atoms. The van der Waals surface area contributed by atoms with Crippen molar-refractivity contribution in [3.8, 4) is 0 Å². The lowest BCUT2D eigenvalue weighted by atomic mass is 9.95. The smallest absolute Gasteiger partial charge is 0.263 e. The van der Waals surface area contributed by atoms with Crippen molar-refractivity contribution in [2.75, 3.05) is 44.7 Å². The Kier molecular flexibility index (Phi) is 6.59. The van der Waals surface area contributed by atoms with Crippen molar-refractivity contribution in [1.82, 2.24) is 9.80 Å². The number of nitrogens with zero attached hydrogens (tertiary/aromatic N) is 2. The third kappa shape index (κ3) is 5.23. The van der Waals surface area contributed by atoms with Crippen molar-refractivity contribution in [3.63, 3.8) is 0 Å². The van der Waals surface area contributed by atoms with Crippen LogP contribution in [-0.2, 0) is 16.1 Å². The fourth-order valence-electron chi connectivity index (χ4n) is 3.86. The molecule has 154 valence electrons. The van der Waals surface area contributed by atoms with E-state index in [0.717, 1.165) is 43.4 Å². The molecule has 1 aromatic carbocycles. The summed E-state index contributed by atoms with van der Waals surface area (Å²) in [5.41, 5.74) is 2.07. The van der Waals surface area contributed by atoms with Gasteiger partial charge in [0.25, 0.3) is 5.91 Å². The second kappa shape index (κ2) is 9.52. The van der Waals surface area contributed by atoms with E-state index >= 15 is 0 Å². The van der Waals surface area contributed by atoms with Gasteiger partial charge in [-0.2, -0.15) is 0 Å². The van der Waals surface area contributed by atoms with Crippen LogP contribution in [0.2, 0.25) is 0 Å². The molecule has 4 rings (SSSR count). The summed E-state index contributed by atoms with van der Waals surface area (Å²) in [4.78, 5) is 30.1. The van der Waals surface area contributed by atoms with Crippen LogP contribution in [0.15, 0.2) is 41.8 Å². The van der Waals surface area contributed by atoms with Gasteiger partial charge < -0.3 is 15.0 Å². The topological polar surface area (TPSA) is 61.9 Å². The number of benzene rings is 1. The zero-order chi connectivity index (χ0) is 20.1. The average molecular weight is 414 g/mol.